The second-order valence-electron chi connectivity index (χ2n) is 5.67. The van der Waals surface area contributed by atoms with E-state index >= 15 is 0 Å². The summed E-state index contributed by atoms with van der Waals surface area (Å²) in [6, 6.07) is 4.78. The van der Waals surface area contributed by atoms with Crippen LogP contribution in [0.15, 0.2) is 18.3 Å². The largest absolute Gasteiger partial charge is 0.356 e. The molecule has 1 saturated heterocycles. The molecule has 0 atom stereocenters. The molecule has 5 nitrogen and oxygen atoms in total. The number of anilines is 1. The lowest BCUT2D eigenvalue weighted by molar-refractivity contribution is 0.597. The molecule has 1 N–H and O–H groups in total. The van der Waals surface area contributed by atoms with Gasteiger partial charge in [-0.05, 0) is 30.9 Å². The Morgan fingerprint density at radius 2 is 2.10 bits per heavy atom. The van der Waals surface area contributed by atoms with Crippen LogP contribution in [0.2, 0.25) is 0 Å². The van der Waals surface area contributed by atoms with Gasteiger partial charge < -0.3 is 10.2 Å². The Bertz CT molecular complexity index is 552. The lowest BCUT2D eigenvalue weighted by atomic mass is 10.2. The molecule has 0 bridgehead atoms. The Balaban J connectivity index is 1.61. The number of hydrogen-bond acceptors (Lipinski definition) is 5. The standard InChI is InChI=1S/C14H21N3O2S/c18-20(19)8-1-6-17(7-9-20)14-5-2-12(11-16-14)10-15-13-3-4-13/h2,5,11,13,15H,1,3-4,6-10H2. The molecule has 20 heavy (non-hydrogen) atoms. The van der Waals surface area contributed by atoms with E-state index in [1.807, 2.05) is 12.3 Å². The van der Waals surface area contributed by atoms with Crippen molar-refractivity contribution < 1.29 is 8.42 Å². The van der Waals surface area contributed by atoms with Gasteiger partial charge in [0.05, 0.1) is 11.5 Å². The molecule has 1 aromatic heterocycles. The van der Waals surface area contributed by atoms with Gasteiger partial charge in [-0.2, -0.15) is 0 Å². The number of aromatic nitrogens is 1. The fourth-order valence-corrected chi connectivity index (χ4v) is 3.70. The van der Waals surface area contributed by atoms with E-state index in [2.05, 4.69) is 21.3 Å². The maximum absolute atomic E-state index is 11.6. The fraction of sp³-hybridized carbons (Fsp3) is 0.643. The van der Waals surface area contributed by atoms with Gasteiger partial charge in [-0.3, -0.25) is 0 Å². The van der Waals surface area contributed by atoms with E-state index in [9.17, 15) is 8.42 Å². The molecule has 0 unspecified atom stereocenters. The number of nitrogens with zero attached hydrogens (tertiary/aromatic N) is 2. The SMILES string of the molecule is O=S1(=O)CCCN(c2ccc(CNC3CC3)cn2)CC1. The first-order valence-corrected chi connectivity index (χ1v) is 9.08. The summed E-state index contributed by atoms with van der Waals surface area (Å²) in [6.45, 7) is 2.19. The molecule has 6 heteroatoms. The van der Waals surface area contributed by atoms with Crippen molar-refractivity contribution in [2.24, 2.45) is 0 Å². The normalized spacial score (nSPS) is 22.5. The third-order valence-corrected chi connectivity index (χ3v) is 5.58. The lowest BCUT2D eigenvalue weighted by Crippen LogP contribution is -2.27. The van der Waals surface area contributed by atoms with Crippen molar-refractivity contribution in [1.82, 2.24) is 10.3 Å². The number of nitrogens with one attached hydrogen (secondary N) is 1. The summed E-state index contributed by atoms with van der Waals surface area (Å²) >= 11 is 0. The molecule has 0 radical (unpaired) electrons. The van der Waals surface area contributed by atoms with Gasteiger partial charge in [0.2, 0.25) is 0 Å². The smallest absolute Gasteiger partial charge is 0.152 e. The van der Waals surface area contributed by atoms with E-state index in [0.29, 0.717) is 24.8 Å². The molecule has 110 valence electrons. The molecule has 0 aromatic carbocycles. The molecule has 2 fully saturated rings. The second-order valence-corrected chi connectivity index (χ2v) is 7.98. The summed E-state index contributed by atoms with van der Waals surface area (Å²) in [4.78, 5) is 6.55. The molecular formula is C14H21N3O2S. The minimum atomic E-state index is -2.86. The van der Waals surface area contributed by atoms with Crippen LogP contribution >= 0.6 is 0 Å². The quantitative estimate of drug-likeness (QED) is 0.896. The molecule has 2 aliphatic rings. The maximum atomic E-state index is 11.6. The Hall–Kier alpha value is -1.14. The van der Waals surface area contributed by atoms with Gasteiger partial charge in [-0.1, -0.05) is 6.07 Å². The minimum Gasteiger partial charge on any atom is -0.356 e. The highest BCUT2D eigenvalue weighted by molar-refractivity contribution is 7.91. The summed E-state index contributed by atoms with van der Waals surface area (Å²) < 4.78 is 23.2. The molecule has 1 aromatic rings. The Labute approximate surface area is 120 Å². The minimum absolute atomic E-state index is 0.236. The first-order valence-electron chi connectivity index (χ1n) is 7.26. The Morgan fingerprint density at radius 3 is 2.80 bits per heavy atom. The van der Waals surface area contributed by atoms with Gasteiger partial charge in [0, 0.05) is 31.9 Å². The zero-order valence-corrected chi connectivity index (χ0v) is 12.4. The summed E-state index contributed by atoms with van der Waals surface area (Å²) in [5.41, 5.74) is 1.18. The van der Waals surface area contributed by atoms with Crippen molar-refractivity contribution in [1.29, 1.82) is 0 Å². The van der Waals surface area contributed by atoms with Gasteiger partial charge in [-0.25, -0.2) is 13.4 Å². The van der Waals surface area contributed by atoms with E-state index in [4.69, 9.17) is 0 Å². The monoisotopic (exact) mass is 295 g/mol. The Morgan fingerprint density at radius 1 is 1.25 bits per heavy atom. The third-order valence-electron chi connectivity index (χ3n) is 3.86. The summed E-state index contributed by atoms with van der Waals surface area (Å²) in [5, 5.41) is 3.46. The van der Waals surface area contributed by atoms with Gasteiger partial charge in [0.1, 0.15) is 5.82 Å². The molecule has 2 heterocycles. The highest BCUT2D eigenvalue weighted by Crippen LogP contribution is 2.20. The third kappa shape index (κ3) is 3.70. The second kappa shape index (κ2) is 5.69. The highest BCUT2D eigenvalue weighted by atomic mass is 32.2. The zero-order chi connectivity index (χ0) is 14.0. The lowest BCUT2D eigenvalue weighted by Gasteiger charge is -2.20. The molecule has 0 amide bonds. The van der Waals surface area contributed by atoms with Gasteiger partial charge >= 0.3 is 0 Å². The van der Waals surface area contributed by atoms with Crippen molar-refractivity contribution >= 4 is 15.7 Å². The van der Waals surface area contributed by atoms with E-state index in [-0.39, 0.29) is 5.75 Å². The zero-order valence-electron chi connectivity index (χ0n) is 11.6. The predicted molar refractivity (Wildman–Crippen MR) is 79.6 cm³/mol. The molecule has 1 aliphatic heterocycles. The van der Waals surface area contributed by atoms with Crippen LogP contribution in [0.5, 0.6) is 0 Å². The summed E-state index contributed by atoms with van der Waals surface area (Å²) in [5.74, 6) is 1.42. The van der Waals surface area contributed by atoms with Crippen LogP contribution in [-0.2, 0) is 16.4 Å². The van der Waals surface area contributed by atoms with E-state index in [1.165, 1.54) is 18.4 Å². The van der Waals surface area contributed by atoms with Crippen molar-refractivity contribution in [3.8, 4) is 0 Å². The van der Waals surface area contributed by atoms with Crippen molar-refractivity contribution in [3.05, 3.63) is 23.9 Å². The molecular weight excluding hydrogens is 274 g/mol. The fourth-order valence-electron chi connectivity index (χ4n) is 2.43. The van der Waals surface area contributed by atoms with Crippen LogP contribution in [0.1, 0.15) is 24.8 Å². The number of hydrogen-bond donors (Lipinski definition) is 1. The summed E-state index contributed by atoms with van der Waals surface area (Å²) in [6.07, 6.45) is 5.15. The van der Waals surface area contributed by atoms with Gasteiger partial charge in [0.25, 0.3) is 0 Å². The summed E-state index contributed by atoms with van der Waals surface area (Å²) in [7, 11) is -2.86. The molecule has 0 spiro atoms. The predicted octanol–water partition coefficient (Wildman–Crippen LogP) is 0.958. The van der Waals surface area contributed by atoms with Gasteiger partial charge in [0.15, 0.2) is 9.84 Å². The molecule has 1 saturated carbocycles. The maximum Gasteiger partial charge on any atom is 0.152 e. The topological polar surface area (TPSA) is 62.3 Å². The van der Waals surface area contributed by atoms with Crippen LogP contribution in [-0.4, -0.2) is 44.0 Å². The van der Waals surface area contributed by atoms with Crippen molar-refractivity contribution in [2.75, 3.05) is 29.5 Å². The van der Waals surface area contributed by atoms with Crippen LogP contribution < -0.4 is 10.2 Å². The molecule has 1 aliphatic carbocycles. The Kier molecular flexibility index (Phi) is 3.94. The van der Waals surface area contributed by atoms with E-state index < -0.39 is 9.84 Å². The number of rotatable bonds is 4. The van der Waals surface area contributed by atoms with E-state index in [0.717, 1.165) is 18.9 Å². The van der Waals surface area contributed by atoms with Crippen molar-refractivity contribution in [3.63, 3.8) is 0 Å². The van der Waals surface area contributed by atoms with Crippen molar-refractivity contribution in [2.45, 2.75) is 31.8 Å². The van der Waals surface area contributed by atoms with Crippen LogP contribution in [0.4, 0.5) is 5.82 Å². The highest BCUT2D eigenvalue weighted by Gasteiger charge is 2.21. The first-order chi connectivity index (χ1) is 9.62. The first kappa shape index (κ1) is 13.8. The van der Waals surface area contributed by atoms with Crippen LogP contribution in [0, 0.1) is 0 Å². The van der Waals surface area contributed by atoms with Gasteiger partial charge in [-0.15, -0.1) is 0 Å². The average Bonchev–Trinajstić information content (AvgIpc) is 3.25. The van der Waals surface area contributed by atoms with Crippen LogP contribution in [0.25, 0.3) is 0 Å². The number of pyridine rings is 1. The number of sulfone groups is 1. The average molecular weight is 295 g/mol. The molecule has 3 rings (SSSR count). The van der Waals surface area contributed by atoms with Crippen LogP contribution in [0.3, 0.4) is 0 Å². The van der Waals surface area contributed by atoms with E-state index in [1.54, 1.807) is 0 Å².